The van der Waals surface area contributed by atoms with Gasteiger partial charge in [-0.05, 0) is 59.4 Å². The summed E-state index contributed by atoms with van der Waals surface area (Å²) < 4.78 is 5.89. The number of nitrogens with one attached hydrogen (secondary N) is 1. The summed E-state index contributed by atoms with van der Waals surface area (Å²) in [7, 11) is 0. The van der Waals surface area contributed by atoms with Crippen molar-refractivity contribution in [2.24, 2.45) is 0 Å². The predicted molar refractivity (Wildman–Crippen MR) is 85.8 cm³/mol. The van der Waals surface area contributed by atoms with E-state index in [1.54, 1.807) is 6.08 Å². The molecular formula is C17H25N3O2. The van der Waals surface area contributed by atoms with Crippen molar-refractivity contribution in [2.45, 2.75) is 65.5 Å². The van der Waals surface area contributed by atoms with Crippen LogP contribution in [0.3, 0.4) is 0 Å². The molecule has 2 rings (SSSR count). The SMILES string of the molecule is CC(C)=CC(=O)NC1CCC(Oc2nc(C)cc(C)n2)CC1. The Morgan fingerprint density at radius 3 is 2.32 bits per heavy atom. The number of carbonyl (C=O) groups is 1. The minimum Gasteiger partial charge on any atom is -0.460 e. The Hall–Kier alpha value is -1.91. The fraction of sp³-hybridized carbons (Fsp3) is 0.588. The van der Waals surface area contributed by atoms with Crippen molar-refractivity contribution in [3.05, 3.63) is 29.1 Å². The molecule has 5 heteroatoms. The highest BCUT2D eigenvalue weighted by Crippen LogP contribution is 2.22. The second-order valence-electron chi connectivity index (χ2n) is 6.26. The molecule has 0 spiro atoms. The molecule has 22 heavy (non-hydrogen) atoms. The molecule has 1 aliphatic carbocycles. The Bertz CT molecular complexity index is 537. The number of amides is 1. The van der Waals surface area contributed by atoms with Gasteiger partial charge in [-0.3, -0.25) is 4.79 Å². The smallest absolute Gasteiger partial charge is 0.317 e. The van der Waals surface area contributed by atoms with Gasteiger partial charge in [-0.1, -0.05) is 5.57 Å². The van der Waals surface area contributed by atoms with Crippen LogP contribution in [0.15, 0.2) is 17.7 Å². The summed E-state index contributed by atoms with van der Waals surface area (Å²) in [5.74, 6) is 0.00186. The van der Waals surface area contributed by atoms with Gasteiger partial charge in [0.05, 0.1) is 0 Å². The standard InChI is InChI=1S/C17H25N3O2/c1-11(2)9-16(21)20-14-5-7-15(8-6-14)22-17-18-12(3)10-13(4)19-17/h9-10,14-15H,5-8H2,1-4H3,(H,20,21). The number of carbonyl (C=O) groups excluding carboxylic acids is 1. The molecule has 120 valence electrons. The van der Waals surface area contributed by atoms with Crippen LogP contribution in [-0.2, 0) is 4.79 Å². The zero-order valence-corrected chi connectivity index (χ0v) is 13.8. The van der Waals surface area contributed by atoms with Gasteiger partial charge in [0.15, 0.2) is 0 Å². The number of aromatic nitrogens is 2. The van der Waals surface area contributed by atoms with Gasteiger partial charge in [-0.15, -0.1) is 0 Å². The van der Waals surface area contributed by atoms with E-state index in [0.29, 0.717) is 6.01 Å². The van der Waals surface area contributed by atoms with Crippen LogP contribution in [0.5, 0.6) is 6.01 Å². The molecule has 1 fully saturated rings. The van der Waals surface area contributed by atoms with Crippen molar-refractivity contribution in [3.8, 4) is 6.01 Å². The molecule has 5 nitrogen and oxygen atoms in total. The maximum Gasteiger partial charge on any atom is 0.317 e. The van der Waals surface area contributed by atoms with Crippen molar-refractivity contribution < 1.29 is 9.53 Å². The Morgan fingerprint density at radius 1 is 1.18 bits per heavy atom. The van der Waals surface area contributed by atoms with Gasteiger partial charge in [0.25, 0.3) is 0 Å². The molecule has 1 saturated carbocycles. The summed E-state index contributed by atoms with van der Waals surface area (Å²) in [4.78, 5) is 20.4. The van der Waals surface area contributed by atoms with Crippen molar-refractivity contribution in [1.82, 2.24) is 15.3 Å². The van der Waals surface area contributed by atoms with Gasteiger partial charge in [-0.25, -0.2) is 9.97 Å². The number of aryl methyl sites for hydroxylation is 2. The molecular weight excluding hydrogens is 278 g/mol. The van der Waals surface area contributed by atoms with Crippen LogP contribution in [0.2, 0.25) is 0 Å². The zero-order valence-electron chi connectivity index (χ0n) is 13.8. The van der Waals surface area contributed by atoms with Gasteiger partial charge < -0.3 is 10.1 Å². The highest BCUT2D eigenvalue weighted by molar-refractivity contribution is 5.88. The maximum absolute atomic E-state index is 11.7. The first-order chi connectivity index (χ1) is 10.4. The van der Waals surface area contributed by atoms with E-state index in [-0.39, 0.29) is 18.1 Å². The Labute approximate surface area is 132 Å². The van der Waals surface area contributed by atoms with Crippen LogP contribution in [-0.4, -0.2) is 28.0 Å². The van der Waals surface area contributed by atoms with E-state index in [9.17, 15) is 4.79 Å². The number of ether oxygens (including phenoxy) is 1. The van der Waals surface area contributed by atoms with E-state index in [1.165, 1.54) is 0 Å². The third-order valence-electron chi connectivity index (χ3n) is 3.67. The summed E-state index contributed by atoms with van der Waals surface area (Å²) in [5, 5.41) is 3.05. The minimum absolute atomic E-state index is 0.00186. The van der Waals surface area contributed by atoms with Crippen LogP contribution in [0.1, 0.15) is 50.9 Å². The molecule has 1 aliphatic rings. The Morgan fingerprint density at radius 2 is 1.77 bits per heavy atom. The highest BCUT2D eigenvalue weighted by Gasteiger charge is 2.24. The van der Waals surface area contributed by atoms with Crippen molar-refractivity contribution in [2.75, 3.05) is 0 Å². The molecule has 0 unspecified atom stereocenters. The predicted octanol–water partition coefficient (Wildman–Crippen LogP) is 2.87. The van der Waals surface area contributed by atoms with E-state index in [2.05, 4.69) is 15.3 Å². The first kappa shape index (κ1) is 16.5. The lowest BCUT2D eigenvalue weighted by Gasteiger charge is -2.28. The molecule has 0 atom stereocenters. The van der Waals surface area contributed by atoms with E-state index < -0.39 is 0 Å². The molecule has 1 N–H and O–H groups in total. The van der Waals surface area contributed by atoms with Crippen LogP contribution in [0, 0.1) is 13.8 Å². The molecule has 0 radical (unpaired) electrons. The van der Waals surface area contributed by atoms with Crippen LogP contribution >= 0.6 is 0 Å². The van der Waals surface area contributed by atoms with Crippen LogP contribution in [0.4, 0.5) is 0 Å². The lowest BCUT2D eigenvalue weighted by Crippen LogP contribution is -2.39. The molecule has 0 bridgehead atoms. The average molecular weight is 303 g/mol. The second kappa shape index (κ2) is 7.38. The molecule has 1 aromatic heterocycles. The quantitative estimate of drug-likeness (QED) is 0.869. The van der Waals surface area contributed by atoms with E-state index in [4.69, 9.17) is 4.74 Å². The molecule has 1 amide bonds. The molecule has 1 heterocycles. The second-order valence-corrected chi connectivity index (χ2v) is 6.26. The van der Waals surface area contributed by atoms with Gasteiger partial charge in [0, 0.05) is 23.5 Å². The summed E-state index contributed by atoms with van der Waals surface area (Å²) >= 11 is 0. The largest absolute Gasteiger partial charge is 0.460 e. The topological polar surface area (TPSA) is 64.1 Å². The van der Waals surface area contributed by atoms with Crippen LogP contribution < -0.4 is 10.1 Å². The van der Waals surface area contributed by atoms with E-state index >= 15 is 0 Å². The van der Waals surface area contributed by atoms with Crippen molar-refractivity contribution in [1.29, 1.82) is 0 Å². The Balaban J connectivity index is 1.82. The van der Waals surface area contributed by atoms with Crippen LogP contribution in [0.25, 0.3) is 0 Å². The monoisotopic (exact) mass is 303 g/mol. The number of allylic oxidation sites excluding steroid dienone is 1. The van der Waals surface area contributed by atoms with Crippen molar-refractivity contribution >= 4 is 5.91 Å². The van der Waals surface area contributed by atoms with Gasteiger partial charge in [0.1, 0.15) is 6.10 Å². The fourth-order valence-electron chi connectivity index (χ4n) is 2.73. The maximum atomic E-state index is 11.7. The van der Waals surface area contributed by atoms with E-state index in [1.807, 2.05) is 33.8 Å². The third-order valence-corrected chi connectivity index (χ3v) is 3.67. The summed E-state index contributed by atoms with van der Waals surface area (Å²) in [5.41, 5.74) is 2.86. The van der Waals surface area contributed by atoms with Gasteiger partial charge in [-0.2, -0.15) is 0 Å². The lowest BCUT2D eigenvalue weighted by molar-refractivity contribution is -0.117. The summed E-state index contributed by atoms with van der Waals surface area (Å²) in [6.07, 6.45) is 5.46. The lowest BCUT2D eigenvalue weighted by atomic mass is 9.93. The molecule has 0 aliphatic heterocycles. The third kappa shape index (κ3) is 5.13. The van der Waals surface area contributed by atoms with Crippen molar-refractivity contribution in [3.63, 3.8) is 0 Å². The minimum atomic E-state index is 0.00186. The number of nitrogens with zero attached hydrogens (tertiary/aromatic N) is 2. The number of hydrogen-bond donors (Lipinski definition) is 1. The first-order valence-electron chi connectivity index (χ1n) is 7.86. The average Bonchev–Trinajstić information content (AvgIpc) is 2.39. The van der Waals surface area contributed by atoms with E-state index in [0.717, 1.165) is 42.6 Å². The number of rotatable bonds is 4. The summed E-state index contributed by atoms with van der Waals surface area (Å²) in [6.45, 7) is 7.73. The zero-order chi connectivity index (χ0) is 16.1. The molecule has 0 aromatic carbocycles. The van der Waals surface area contributed by atoms with Gasteiger partial charge >= 0.3 is 6.01 Å². The molecule has 1 aromatic rings. The fourth-order valence-corrected chi connectivity index (χ4v) is 2.73. The normalized spacial score (nSPS) is 21.1. The van der Waals surface area contributed by atoms with Gasteiger partial charge in [0.2, 0.25) is 5.91 Å². The highest BCUT2D eigenvalue weighted by atomic mass is 16.5. The Kier molecular flexibility index (Phi) is 5.52. The first-order valence-corrected chi connectivity index (χ1v) is 7.86. The number of hydrogen-bond acceptors (Lipinski definition) is 4. The summed E-state index contributed by atoms with van der Waals surface area (Å²) in [6, 6.07) is 2.64. The molecule has 0 saturated heterocycles.